The van der Waals surface area contributed by atoms with Crippen molar-refractivity contribution < 1.29 is 42.3 Å². The molecule has 184 valence electrons. The predicted molar refractivity (Wildman–Crippen MR) is 116 cm³/mol. The van der Waals surface area contributed by atoms with Gasteiger partial charge in [0.15, 0.2) is 18.3 Å². The van der Waals surface area contributed by atoms with E-state index in [0.29, 0.717) is 6.54 Å². The lowest BCUT2D eigenvalue weighted by atomic mass is 10.0. The molecule has 1 N–H and O–H groups in total. The molecule has 10 nitrogen and oxygen atoms in total. The molecule has 11 heteroatoms. The van der Waals surface area contributed by atoms with Crippen LogP contribution in [0.1, 0.15) is 66.2 Å². The molecule has 1 rings (SSSR count). The van der Waals surface area contributed by atoms with E-state index in [-0.39, 0.29) is 18.3 Å². The van der Waals surface area contributed by atoms with E-state index in [9.17, 15) is 19.2 Å². The summed E-state index contributed by atoms with van der Waals surface area (Å²) in [6.45, 7) is 6.20. The van der Waals surface area contributed by atoms with E-state index in [2.05, 4.69) is 12.2 Å². The van der Waals surface area contributed by atoms with Crippen molar-refractivity contribution in [2.75, 3.05) is 18.9 Å². The van der Waals surface area contributed by atoms with Gasteiger partial charge in [0.25, 0.3) is 0 Å². The maximum absolute atomic E-state index is 12.0. The van der Waals surface area contributed by atoms with Crippen molar-refractivity contribution in [2.45, 2.75) is 90.8 Å². The van der Waals surface area contributed by atoms with Gasteiger partial charge in [-0.15, -0.1) is 0 Å². The molecule has 1 fully saturated rings. The fourth-order valence-corrected chi connectivity index (χ4v) is 3.71. The summed E-state index contributed by atoms with van der Waals surface area (Å²) in [5, 5.41) is 2.83. The Labute approximate surface area is 193 Å². The van der Waals surface area contributed by atoms with Gasteiger partial charge < -0.3 is 24.3 Å². The summed E-state index contributed by atoms with van der Waals surface area (Å²) in [6.07, 6.45) is 2.43. The van der Waals surface area contributed by atoms with Crippen molar-refractivity contribution in [3.8, 4) is 0 Å². The Morgan fingerprint density at radius 2 is 1.47 bits per heavy atom. The summed E-state index contributed by atoms with van der Waals surface area (Å²) in [5.41, 5.74) is 0. The maximum Gasteiger partial charge on any atom is 0.303 e. The molecule has 4 atom stereocenters. The molecule has 1 aliphatic heterocycles. The van der Waals surface area contributed by atoms with E-state index in [4.69, 9.17) is 23.1 Å². The van der Waals surface area contributed by atoms with Crippen LogP contribution in [-0.4, -0.2) is 67.3 Å². The van der Waals surface area contributed by atoms with Crippen LogP contribution >= 0.6 is 12.0 Å². The largest absolute Gasteiger partial charge is 0.456 e. The van der Waals surface area contributed by atoms with Crippen LogP contribution in [0.15, 0.2) is 0 Å². The Kier molecular flexibility index (Phi) is 14.0. The number of hydrogen-bond acceptors (Lipinski definition) is 10. The molecule has 1 aliphatic rings. The number of carbonyl (C=O) groups excluding carboxylic acids is 4. The van der Waals surface area contributed by atoms with E-state index in [1.165, 1.54) is 40.0 Å². The van der Waals surface area contributed by atoms with Crippen molar-refractivity contribution in [3.63, 3.8) is 0 Å². The quantitative estimate of drug-likeness (QED) is 0.172. The molecule has 0 radical (unpaired) electrons. The molecule has 0 aromatic rings. The highest BCUT2D eigenvalue weighted by Gasteiger charge is 2.47. The first-order chi connectivity index (χ1) is 15.2. The zero-order valence-corrected chi connectivity index (χ0v) is 20.1. The molecule has 0 bridgehead atoms. The number of carbonyl (C=O) groups is 4. The topological polar surface area (TPSA) is 126 Å². The van der Waals surface area contributed by atoms with Crippen LogP contribution < -0.4 is 5.32 Å². The molecule has 1 heterocycles. The highest BCUT2D eigenvalue weighted by Crippen LogP contribution is 2.27. The smallest absolute Gasteiger partial charge is 0.303 e. The van der Waals surface area contributed by atoms with Gasteiger partial charge >= 0.3 is 17.9 Å². The molecule has 1 unspecified atom stereocenters. The minimum Gasteiger partial charge on any atom is -0.456 e. The zero-order valence-electron chi connectivity index (χ0n) is 19.3. The number of nitrogens with one attached hydrogen (secondary N) is 1. The minimum absolute atomic E-state index is 0.00803. The molecule has 0 aromatic carbocycles. The molecule has 0 saturated carbocycles. The van der Waals surface area contributed by atoms with E-state index in [1.807, 2.05) is 0 Å². The summed E-state index contributed by atoms with van der Waals surface area (Å²) in [7, 11) is 0. The number of unbranched alkanes of at least 4 members (excludes halogenated alkanes) is 5. The Balaban J connectivity index is 2.53. The third kappa shape index (κ3) is 11.7. The van der Waals surface area contributed by atoms with Gasteiger partial charge in [-0.2, -0.15) is 0 Å². The number of esters is 3. The van der Waals surface area contributed by atoms with Gasteiger partial charge in [-0.3, -0.25) is 23.4 Å². The van der Waals surface area contributed by atoms with Gasteiger partial charge in [-0.1, -0.05) is 39.0 Å². The third-order valence-electron chi connectivity index (χ3n) is 4.51. The SMILES string of the molecule is CCCCCCCCNC(=O)CSO[C@@H]1OC[C@@H](OC(C)=O)C(OC(C)=O)[C@@H]1OC(C)=O. The van der Waals surface area contributed by atoms with Gasteiger partial charge in [-0.25, -0.2) is 0 Å². The molecular formula is C21H35NO9S. The van der Waals surface area contributed by atoms with Crippen LogP contribution in [0.4, 0.5) is 0 Å². The molecule has 1 saturated heterocycles. The van der Waals surface area contributed by atoms with Crippen molar-refractivity contribution in [3.05, 3.63) is 0 Å². The van der Waals surface area contributed by atoms with Crippen LogP contribution in [0.3, 0.4) is 0 Å². The van der Waals surface area contributed by atoms with Crippen molar-refractivity contribution in [1.29, 1.82) is 0 Å². The van der Waals surface area contributed by atoms with Crippen molar-refractivity contribution >= 4 is 35.9 Å². The summed E-state index contributed by atoms with van der Waals surface area (Å²) in [5.74, 6) is -2.10. The molecule has 0 spiro atoms. The van der Waals surface area contributed by atoms with Crippen molar-refractivity contribution in [2.24, 2.45) is 0 Å². The molecule has 1 amide bonds. The van der Waals surface area contributed by atoms with Crippen LogP contribution in [0.2, 0.25) is 0 Å². The zero-order chi connectivity index (χ0) is 23.9. The van der Waals surface area contributed by atoms with Crippen LogP contribution in [0.5, 0.6) is 0 Å². The van der Waals surface area contributed by atoms with E-state index in [0.717, 1.165) is 31.3 Å². The first-order valence-corrected chi connectivity index (χ1v) is 11.8. The van der Waals surface area contributed by atoms with Gasteiger partial charge in [0.2, 0.25) is 12.2 Å². The maximum atomic E-state index is 12.0. The monoisotopic (exact) mass is 477 g/mol. The lowest BCUT2D eigenvalue weighted by Gasteiger charge is -2.39. The summed E-state index contributed by atoms with van der Waals surface area (Å²) < 4.78 is 26.7. The highest BCUT2D eigenvalue weighted by atomic mass is 32.2. The Bertz CT molecular complexity index is 616. The molecule has 0 aromatic heterocycles. The van der Waals surface area contributed by atoms with Crippen LogP contribution in [0.25, 0.3) is 0 Å². The van der Waals surface area contributed by atoms with Gasteiger partial charge in [0.05, 0.1) is 12.4 Å². The standard InChI is InChI=1S/C21H35NO9S/c1-5-6-7-8-9-10-11-22-18(26)13-32-31-21-20(30-16(4)25)19(29-15(3)24)17(12-27-21)28-14(2)23/h17,19-21H,5-13H2,1-4H3,(H,22,26)/t17-,19?,20+,21+/m1/s1. The summed E-state index contributed by atoms with van der Waals surface area (Å²) >= 11 is 0.833. The first kappa shape index (κ1) is 28.2. The number of hydrogen-bond donors (Lipinski definition) is 1. The number of ether oxygens (including phenoxy) is 4. The van der Waals surface area contributed by atoms with Gasteiger partial charge in [0, 0.05) is 39.4 Å². The average Bonchev–Trinajstić information content (AvgIpc) is 2.70. The van der Waals surface area contributed by atoms with Gasteiger partial charge in [-0.05, 0) is 6.42 Å². The fourth-order valence-electron chi connectivity index (χ4n) is 3.13. The second-order valence-corrected chi connectivity index (χ2v) is 8.19. The fraction of sp³-hybridized carbons (Fsp3) is 0.810. The third-order valence-corrected chi connectivity index (χ3v) is 5.22. The minimum atomic E-state index is -1.17. The predicted octanol–water partition coefficient (Wildman–Crippen LogP) is 2.28. The molecule has 0 aliphatic carbocycles. The molecular weight excluding hydrogens is 442 g/mol. The second-order valence-electron chi connectivity index (χ2n) is 7.47. The lowest BCUT2D eigenvalue weighted by molar-refractivity contribution is -0.257. The Morgan fingerprint density at radius 1 is 0.875 bits per heavy atom. The van der Waals surface area contributed by atoms with Crippen molar-refractivity contribution in [1.82, 2.24) is 5.32 Å². The number of amides is 1. The number of rotatable bonds is 14. The summed E-state index contributed by atoms with van der Waals surface area (Å²) in [4.78, 5) is 46.5. The lowest BCUT2D eigenvalue weighted by Crippen LogP contribution is -2.57. The Hall–Kier alpha value is -1.85. The van der Waals surface area contributed by atoms with E-state index in [1.54, 1.807) is 0 Å². The first-order valence-electron chi connectivity index (χ1n) is 10.9. The van der Waals surface area contributed by atoms with E-state index >= 15 is 0 Å². The van der Waals surface area contributed by atoms with Crippen LogP contribution in [-0.2, 0) is 42.3 Å². The molecule has 32 heavy (non-hydrogen) atoms. The Morgan fingerprint density at radius 3 is 2.09 bits per heavy atom. The average molecular weight is 478 g/mol. The van der Waals surface area contributed by atoms with E-state index < -0.39 is 42.5 Å². The summed E-state index contributed by atoms with van der Waals surface area (Å²) in [6, 6.07) is 0. The second kappa shape index (κ2) is 15.9. The van der Waals surface area contributed by atoms with Crippen LogP contribution in [0, 0.1) is 0 Å². The highest BCUT2D eigenvalue weighted by molar-refractivity contribution is 7.95. The normalized spacial score (nSPS) is 22.6. The van der Waals surface area contributed by atoms with Gasteiger partial charge in [0.1, 0.15) is 0 Å².